The fourth-order valence-electron chi connectivity index (χ4n) is 1.95. The molecule has 4 heteroatoms. The van der Waals surface area contributed by atoms with Crippen LogP contribution >= 0.6 is 0 Å². The fraction of sp³-hybridized carbons (Fsp3) is 0.700. The molecule has 14 heavy (non-hydrogen) atoms. The van der Waals surface area contributed by atoms with Gasteiger partial charge in [-0.05, 0) is 19.4 Å². The molecule has 1 aliphatic heterocycles. The monoisotopic (exact) mass is 195 g/mol. The summed E-state index contributed by atoms with van der Waals surface area (Å²) in [6.07, 6.45) is 7.03. The van der Waals surface area contributed by atoms with E-state index in [1.54, 1.807) is 0 Å². The van der Waals surface area contributed by atoms with E-state index in [1.165, 1.54) is 12.1 Å². The third-order valence-electron chi connectivity index (χ3n) is 2.68. The molecule has 0 spiro atoms. The Kier molecular flexibility index (Phi) is 3.16. The van der Waals surface area contributed by atoms with Crippen LogP contribution < -0.4 is 5.73 Å². The quantitative estimate of drug-likeness (QED) is 0.773. The van der Waals surface area contributed by atoms with Crippen molar-refractivity contribution in [2.45, 2.75) is 25.3 Å². The minimum Gasteiger partial charge on any atom is -0.379 e. The highest BCUT2D eigenvalue weighted by molar-refractivity contribution is 5.01. The maximum atomic E-state index is 5.55. The van der Waals surface area contributed by atoms with Gasteiger partial charge in [0.15, 0.2) is 0 Å². The van der Waals surface area contributed by atoms with Crippen molar-refractivity contribution in [3.05, 3.63) is 18.2 Å². The van der Waals surface area contributed by atoms with Crippen LogP contribution in [0.3, 0.4) is 0 Å². The van der Waals surface area contributed by atoms with Gasteiger partial charge in [0.1, 0.15) is 0 Å². The summed E-state index contributed by atoms with van der Waals surface area (Å²) in [5.74, 6) is 0. The molecule has 1 saturated heterocycles. The number of rotatable bonds is 3. The highest BCUT2D eigenvalue weighted by atomic mass is 16.5. The van der Waals surface area contributed by atoms with Crippen LogP contribution in [0, 0.1) is 0 Å². The Morgan fingerprint density at radius 2 is 2.57 bits per heavy atom. The summed E-state index contributed by atoms with van der Waals surface area (Å²) in [5.41, 5.74) is 6.77. The van der Waals surface area contributed by atoms with Crippen molar-refractivity contribution in [1.29, 1.82) is 0 Å². The molecule has 0 aromatic carbocycles. The topological polar surface area (TPSA) is 53.1 Å². The van der Waals surface area contributed by atoms with E-state index in [9.17, 15) is 0 Å². The zero-order valence-corrected chi connectivity index (χ0v) is 8.35. The van der Waals surface area contributed by atoms with E-state index in [4.69, 9.17) is 10.5 Å². The van der Waals surface area contributed by atoms with Gasteiger partial charge in [0.2, 0.25) is 0 Å². The number of nitrogens with zero attached hydrogens (tertiary/aromatic N) is 2. The molecular weight excluding hydrogens is 178 g/mol. The molecule has 0 saturated carbocycles. The highest BCUT2D eigenvalue weighted by Crippen LogP contribution is 2.20. The molecule has 1 unspecified atom stereocenters. The molecule has 2 rings (SSSR count). The van der Waals surface area contributed by atoms with Crippen molar-refractivity contribution in [1.82, 2.24) is 9.55 Å². The van der Waals surface area contributed by atoms with E-state index in [-0.39, 0.29) is 0 Å². The number of aromatic nitrogens is 2. The van der Waals surface area contributed by atoms with Gasteiger partial charge in [0, 0.05) is 24.9 Å². The lowest BCUT2D eigenvalue weighted by Gasteiger charge is -2.24. The van der Waals surface area contributed by atoms with Gasteiger partial charge in [-0.3, -0.25) is 0 Å². The van der Waals surface area contributed by atoms with Crippen LogP contribution in [0.5, 0.6) is 0 Å². The van der Waals surface area contributed by atoms with Crippen molar-refractivity contribution in [3.8, 4) is 0 Å². The smallest absolute Gasteiger partial charge is 0.0951 e. The molecule has 2 N–H and O–H groups in total. The van der Waals surface area contributed by atoms with Crippen LogP contribution in [0.4, 0.5) is 0 Å². The number of ether oxygens (including phenoxy) is 1. The molecule has 4 nitrogen and oxygen atoms in total. The van der Waals surface area contributed by atoms with Crippen molar-refractivity contribution in [3.63, 3.8) is 0 Å². The predicted octanol–water partition coefficient (Wildman–Crippen LogP) is 0.736. The summed E-state index contributed by atoms with van der Waals surface area (Å²) < 4.78 is 7.67. The largest absolute Gasteiger partial charge is 0.379 e. The van der Waals surface area contributed by atoms with Gasteiger partial charge < -0.3 is 15.0 Å². The molecular formula is C10H17N3O. The van der Waals surface area contributed by atoms with Crippen LogP contribution in [0.2, 0.25) is 0 Å². The molecule has 0 aliphatic carbocycles. The predicted molar refractivity (Wildman–Crippen MR) is 54.1 cm³/mol. The summed E-state index contributed by atoms with van der Waals surface area (Å²) in [6, 6.07) is 0.466. The van der Waals surface area contributed by atoms with Crippen LogP contribution in [0.1, 0.15) is 24.6 Å². The van der Waals surface area contributed by atoms with Crippen molar-refractivity contribution >= 4 is 0 Å². The molecule has 2 heterocycles. The van der Waals surface area contributed by atoms with Gasteiger partial charge in [-0.25, -0.2) is 4.98 Å². The maximum Gasteiger partial charge on any atom is 0.0951 e. The number of imidazole rings is 1. The lowest BCUT2D eigenvalue weighted by molar-refractivity contribution is 0.0583. The Morgan fingerprint density at radius 3 is 3.29 bits per heavy atom. The van der Waals surface area contributed by atoms with Gasteiger partial charge in [-0.1, -0.05) is 0 Å². The minimum absolute atomic E-state index is 0.466. The van der Waals surface area contributed by atoms with Crippen molar-refractivity contribution < 1.29 is 4.74 Å². The third kappa shape index (κ3) is 1.96. The van der Waals surface area contributed by atoms with Crippen LogP contribution in [0.25, 0.3) is 0 Å². The van der Waals surface area contributed by atoms with E-state index in [0.717, 1.165) is 26.1 Å². The van der Waals surface area contributed by atoms with Gasteiger partial charge in [-0.2, -0.15) is 0 Å². The normalized spacial score (nSPS) is 22.5. The Balaban J connectivity index is 2.09. The first kappa shape index (κ1) is 9.68. The Hall–Kier alpha value is -0.870. The average molecular weight is 195 g/mol. The third-order valence-corrected chi connectivity index (χ3v) is 2.68. The van der Waals surface area contributed by atoms with Crippen LogP contribution in [0.15, 0.2) is 12.5 Å². The zero-order valence-electron chi connectivity index (χ0n) is 8.35. The SMILES string of the molecule is NCCc1cncn1C1CCCOC1. The van der Waals surface area contributed by atoms with Crippen LogP contribution in [-0.4, -0.2) is 29.3 Å². The summed E-state index contributed by atoms with van der Waals surface area (Å²) in [6.45, 7) is 2.39. The lowest BCUT2D eigenvalue weighted by Crippen LogP contribution is -2.22. The Labute approximate surface area is 84.1 Å². The van der Waals surface area contributed by atoms with E-state index in [1.807, 2.05) is 12.5 Å². The first-order valence-electron chi connectivity index (χ1n) is 5.20. The Morgan fingerprint density at radius 1 is 1.64 bits per heavy atom. The maximum absolute atomic E-state index is 5.55. The molecule has 78 valence electrons. The zero-order chi connectivity index (χ0) is 9.80. The lowest BCUT2D eigenvalue weighted by atomic mass is 10.1. The summed E-state index contributed by atoms with van der Waals surface area (Å²) in [7, 11) is 0. The standard InChI is InChI=1S/C10H17N3O/c11-4-3-9-6-12-8-13(9)10-2-1-5-14-7-10/h6,8,10H,1-5,7,11H2. The molecule has 0 bridgehead atoms. The fourth-order valence-corrected chi connectivity index (χ4v) is 1.95. The molecule has 1 fully saturated rings. The summed E-state index contributed by atoms with van der Waals surface area (Å²) in [4.78, 5) is 4.17. The molecule has 0 radical (unpaired) electrons. The second-order valence-electron chi connectivity index (χ2n) is 3.70. The van der Waals surface area contributed by atoms with Gasteiger partial charge in [-0.15, -0.1) is 0 Å². The Bertz CT molecular complexity index is 279. The van der Waals surface area contributed by atoms with Crippen LogP contribution in [-0.2, 0) is 11.2 Å². The van der Waals surface area contributed by atoms with Crippen molar-refractivity contribution in [2.24, 2.45) is 5.73 Å². The second-order valence-corrected chi connectivity index (χ2v) is 3.70. The first-order valence-corrected chi connectivity index (χ1v) is 5.20. The molecule has 1 atom stereocenters. The number of hydrogen-bond acceptors (Lipinski definition) is 3. The van der Waals surface area contributed by atoms with E-state index in [2.05, 4.69) is 9.55 Å². The van der Waals surface area contributed by atoms with Gasteiger partial charge >= 0.3 is 0 Å². The first-order chi connectivity index (χ1) is 6.92. The number of nitrogens with two attached hydrogens (primary N) is 1. The van der Waals surface area contributed by atoms with E-state index >= 15 is 0 Å². The second kappa shape index (κ2) is 4.57. The van der Waals surface area contributed by atoms with Crippen molar-refractivity contribution in [2.75, 3.05) is 19.8 Å². The van der Waals surface area contributed by atoms with Gasteiger partial charge in [0.05, 0.1) is 19.0 Å². The molecule has 0 amide bonds. The molecule has 1 aliphatic rings. The molecule has 1 aromatic rings. The summed E-state index contributed by atoms with van der Waals surface area (Å²) >= 11 is 0. The van der Waals surface area contributed by atoms with E-state index in [0.29, 0.717) is 12.6 Å². The molecule has 1 aromatic heterocycles. The minimum atomic E-state index is 0.466. The van der Waals surface area contributed by atoms with Gasteiger partial charge in [0.25, 0.3) is 0 Å². The average Bonchev–Trinajstić information content (AvgIpc) is 2.68. The van der Waals surface area contributed by atoms with E-state index < -0.39 is 0 Å². The highest BCUT2D eigenvalue weighted by Gasteiger charge is 2.17. The number of hydrogen-bond donors (Lipinski definition) is 1. The summed E-state index contributed by atoms with van der Waals surface area (Å²) in [5, 5.41) is 0.